The minimum atomic E-state index is -0.284. The third kappa shape index (κ3) is 4.38. The molecule has 0 saturated heterocycles. The van der Waals surface area contributed by atoms with Crippen LogP contribution in [-0.4, -0.2) is 24.3 Å². The Balaban J connectivity index is 2.08. The van der Waals surface area contributed by atoms with Gasteiger partial charge >= 0.3 is 0 Å². The molecule has 6 heteroatoms. The molecule has 1 aromatic heterocycles. The van der Waals surface area contributed by atoms with Crippen LogP contribution in [0.15, 0.2) is 28.8 Å². The topological polar surface area (TPSA) is 73.6 Å². The van der Waals surface area contributed by atoms with E-state index in [0.717, 1.165) is 11.1 Å². The van der Waals surface area contributed by atoms with Gasteiger partial charge in [-0.25, -0.2) is 0 Å². The average molecular weight is 330 g/mol. The van der Waals surface area contributed by atoms with Crippen molar-refractivity contribution in [1.29, 1.82) is 0 Å². The zero-order chi connectivity index (χ0) is 17.7. The predicted molar refractivity (Wildman–Crippen MR) is 92.4 cm³/mol. The van der Waals surface area contributed by atoms with Crippen LogP contribution in [0.1, 0.15) is 30.7 Å². The molecule has 0 fully saturated rings. The van der Waals surface area contributed by atoms with Crippen LogP contribution in [0.25, 0.3) is 6.08 Å². The highest BCUT2D eigenvalue weighted by molar-refractivity contribution is 6.01. The Morgan fingerprint density at radius 2 is 2.04 bits per heavy atom. The van der Waals surface area contributed by atoms with Crippen molar-refractivity contribution in [3.05, 3.63) is 41.2 Å². The van der Waals surface area contributed by atoms with Crippen molar-refractivity contribution in [2.45, 2.75) is 33.8 Å². The van der Waals surface area contributed by atoms with Gasteiger partial charge in [0, 0.05) is 11.6 Å². The average Bonchev–Trinajstić information content (AvgIpc) is 2.85. The Hall–Kier alpha value is -2.76. The number of hydrogen-bond donors (Lipinski definition) is 1. The minimum Gasteiger partial charge on any atom is -0.493 e. The van der Waals surface area contributed by atoms with Gasteiger partial charge in [0.25, 0.3) is 0 Å². The summed E-state index contributed by atoms with van der Waals surface area (Å²) in [5.74, 6) is 2.12. The van der Waals surface area contributed by atoms with Crippen molar-refractivity contribution < 1.29 is 18.8 Å². The SMILES string of the molecule is COc1cc(C=CC(=O)Nc2noc(C)c2C)ccc1OC(C)C. The van der Waals surface area contributed by atoms with Gasteiger partial charge < -0.3 is 19.3 Å². The van der Waals surface area contributed by atoms with Gasteiger partial charge in [-0.05, 0) is 51.5 Å². The normalized spacial score (nSPS) is 11.1. The molecule has 1 amide bonds. The standard InChI is InChI=1S/C18H22N2O4/c1-11(2)23-15-8-6-14(10-16(15)22-5)7-9-17(21)19-18-12(3)13(4)24-20-18/h6-11H,1-5H3,(H,19,20,21). The van der Waals surface area contributed by atoms with Crippen molar-refractivity contribution in [2.75, 3.05) is 12.4 Å². The monoisotopic (exact) mass is 330 g/mol. The summed E-state index contributed by atoms with van der Waals surface area (Å²) in [6, 6.07) is 5.49. The Bertz CT molecular complexity index is 747. The van der Waals surface area contributed by atoms with E-state index in [4.69, 9.17) is 14.0 Å². The van der Waals surface area contributed by atoms with Gasteiger partial charge in [-0.2, -0.15) is 0 Å². The maximum Gasteiger partial charge on any atom is 0.249 e. The molecule has 0 atom stereocenters. The fraction of sp³-hybridized carbons (Fsp3) is 0.333. The Morgan fingerprint density at radius 1 is 1.29 bits per heavy atom. The van der Waals surface area contributed by atoms with Gasteiger partial charge in [-0.3, -0.25) is 4.79 Å². The molecule has 0 unspecified atom stereocenters. The number of amides is 1. The molecule has 2 rings (SSSR count). The molecule has 128 valence electrons. The Morgan fingerprint density at radius 3 is 2.62 bits per heavy atom. The fourth-order valence-corrected chi connectivity index (χ4v) is 2.00. The molecular weight excluding hydrogens is 308 g/mol. The molecule has 2 aromatic rings. The number of ether oxygens (including phenoxy) is 2. The van der Waals surface area contributed by atoms with E-state index >= 15 is 0 Å². The molecule has 0 spiro atoms. The van der Waals surface area contributed by atoms with E-state index in [9.17, 15) is 4.79 Å². The lowest BCUT2D eigenvalue weighted by atomic mass is 10.2. The summed E-state index contributed by atoms with van der Waals surface area (Å²) in [5.41, 5.74) is 1.64. The van der Waals surface area contributed by atoms with Gasteiger partial charge in [0.2, 0.25) is 5.91 Å². The lowest BCUT2D eigenvalue weighted by molar-refractivity contribution is -0.111. The molecule has 1 heterocycles. The van der Waals surface area contributed by atoms with E-state index in [1.807, 2.05) is 39.0 Å². The molecule has 0 aliphatic carbocycles. The van der Waals surface area contributed by atoms with Crippen LogP contribution >= 0.6 is 0 Å². The lowest BCUT2D eigenvalue weighted by Crippen LogP contribution is -2.09. The van der Waals surface area contributed by atoms with E-state index < -0.39 is 0 Å². The zero-order valence-corrected chi connectivity index (χ0v) is 14.5. The lowest BCUT2D eigenvalue weighted by Gasteiger charge is -2.13. The highest BCUT2D eigenvalue weighted by Crippen LogP contribution is 2.29. The van der Waals surface area contributed by atoms with E-state index in [1.165, 1.54) is 6.08 Å². The summed E-state index contributed by atoms with van der Waals surface area (Å²) >= 11 is 0. The largest absolute Gasteiger partial charge is 0.493 e. The number of anilines is 1. The quantitative estimate of drug-likeness (QED) is 0.817. The smallest absolute Gasteiger partial charge is 0.249 e. The number of rotatable bonds is 6. The number of methoxy groups -OCH3 is 1. The van der Waals surface area contributed by atoms with Crippen molar-refractivity contribution >= 4 is 17.8 Å². The van der Waals surface area contributed by atoms with E-state index in [0.29, 0.717) is 23.1 Å². The molecule has 1 aromatic carbocycles. The van der Waals surface area contributed by atoms with Crippen LogP contribution in [0.2, 0.25) is 0 Å². The Labute approximate surface area is 141 Å². The molecule has 0 aliphatic heterocycles. The first kappa shape index (κ1) is 17.6. The van der Waals surface area contributed by atoms with Gasteiger partial charge in [0.05, 0.1) is 13.2 Å². The molecular formula is C18H22N2O4. The molecule has 0 bridgehead atoms. The third-order valence-electron chi connectivity index (χ3n) is 3.38. The number of nitrogens with one attached hydrogen (secondary N) is 1. The fourth-order valence-electron chi connectivity index (χ4n) is 2.00. The van der Waals surface area contributed by atoms with E-state index in [2.05, 4.69) is 10.5 Å². The number of nitrogens with zero attached hydrogens (tertiary/aromatic N) is 1. The first-order valence-electron chi connectivity index (χ1n) is 7.67. The van der Waals surface area contributed by atoms with Gasteiger partial charge in [0.15, 0.2) is 17.3 Å². The number of carbonyl (C=O) groups is 1. The van der Waals surface area contributed by atoms with Crippen molar-refractivity contribution in [2.24, 2.45) is 0 Å². The van der Waals surface area contributed by atoms with Crippen LogP contribution in [0.3, 0.4) is 0 Å². The molecule has 1 N–H and O–H groups in total. The molecule has 0 saturated carbocycles. The second-order valence-electron chi connectivity index (χ2n) is 5.61. The van der Waals surface area contributed by atoms with Crippen LogP contribution in [0.4, 0.5) is 5.82 Å². The first-order valence-corrected chi connectivity index (χ1v) is 7.67. The summed E-state index contributed by atoms with van der Waals surface area (Å²) in [5, 5.41) is 6.48. The highest BCUT2D eigenvalue weighted by Gasteiger charge is 2.10. The van der Waals surface area contributed by atoms with Crippen molar-refractivity contribution in [3.63, 3.8) is 0 Å². The zero-order valence-electron chi connectivity index (χ0n) is 14.5. The molecule has 6 nitrogen and oxygen atoms in total. The summed E-state index contributed by atoms with van der Waals surface area (Å²) in [6.45, 7) is 7.53. The van der Waals surface area contributed by atoms with Crippen LogP contribution in [-0.2, 0) is 4.79 Å². The van der Waals surface area contributed by atoms with Crippen molar-refractivity contribution in [3.8, 4) is 11.5 Å². The molecule has 0 radical (unpaired) electrons. The van der Waals surface area contributed by atoms with Crippen LogP contribution < -0.4 is 14.8 Å². The minimum absolute atomic E-state index is 0.0558. The first-order chi connectivity index (χ1) is 11.4. The summed E-state index contributed by atoms with van der Waals surface area (Å²) in [6.07, 6.45) is 3.18. The number of hydrogen-bond acceptors (Lipinski definition) is 5. The maximum atomic E-state index is 12.0. The highest BCUT2D eigenvalue weighted by atomic mass is 16.5. The van der Waals surface area contributed by atoms with Gasteiger partial charge in [-0.1, -0.05) is 11.2 Å². The molecule has 0 aliphatic rings. The third-order valence-corrected chi connectivity index (χ3v) is 3.38. The Kier molecular flexibility index (Phi) is 5.63. The van der Waals surface area contributed by atoms with E-state index in [1.54, 1.807) is 20.1 Å². The number of benzene rings is 1. The number of aryl methyl sites for hydroxylation is 1. The maximum absolute atomic E-state index is 12.0. The second-order valence-corrected chi connectivity index (χ2v) is 5.61. The van der Waals surface area contributed by atoms with Crippen molar-refractivity contribution in [1.82, 2.24) is 5.16 Å². The summed E-state index contributed by atoms with van der Waals surface area (Å²) in [4.78, 5) is 12.0. The summed E-state index contributed by atoms with van der Waals surface area (Å²) < 4.78 is 16.0. The number of carbonyl (C=O) groups excluding carboxylic acids is 1. The van der Waals surface area contributed by atoms with Crippen LogP contribution in [0, 0.1) is 13.8 Å². The second kappa shape index (κ2) is 7.68. The van der Waals surface area contributed by atoms with E-state index in [-0.39, 0.29) is 12.0 Å². The summed E-state index contributed by atoms with van der Waals surface area (Å²) in [7, 11) is 1.58. The van der Waals surface area contributed by atoms with Gasteiger partial charge in [-0.15, -0.1) is 0 Å². The predicted octanol–water partition coefficient (Wildman–Crippen LogP) is 3.74. The molecule has 24 heavy (non-hydrogen) atoms. The van der Waals surface area contributed by atoms with Gasteiger partial charge in [0.1, 0.15) is 5.76 Å². The van der Waals surface area contributed by atoms with Crippen LogP contribution in [0.5, 0.6) is 11.5 Å². The number of aromatic nitrogens is 1.